The monoisotopic (exact) mass is 298 g/mol. The van der Waals surface area contributed by atoms with Crippen molar-refractivity contribution >= 4 is 11.6 Å². The van der Waals surface area contributed by atoms with E-state index in [1.54, 1.807) is 24.1 Å². The van der Waals surface area contributed by atoms with Crippen LogP contribution in [0.5, 0.6) is 0 Å². The summed E-state index contributed by atoms with van der Waals surface area (Å²) in [4.78, 5) is 24.2. The lowest BCUT2D eigenvalue weighted by atomic mass is 10.1. The van der Waals surface area contributed by atoms with Crippen LogP contribution in [0.1, 0.15) is 16.7 Å². The lowest BCUT2D eigenvalue weighted by Crippen LogP contribution is -2.27. The number of rotatable bonds is 5. The number of carbonyl (C=O) groups is 1. The first-order valence-corrected chi connectivity index (χ1v) is 6.99. The van der Waals surface area contributed by atoms with Gasteiger partial charge in [0.15, 0.2) is 0 Å². The average molecular weight is 298 g/mol. The molecular weight excluding hydrogens is 280 g/mol. The van der Waals surface area contributed by atoms with Crippen LogP contribution in [0.4, 0.5) is 5.69 Å². The van der Waals surface area contributed by atoms with Gasteiger partial charge in [-0.25, -0.2) is 0 Å². The van der Waals surface area contributed by atoms with Gasteiger partial charge in [-0.1, -0.05) is 36.4 Å². The van der Waals surface area contributed by atoms with Crippen LogP contribution in [0.25, 0.3) is 0 Å². The number of carbonyl (C=O) groups excluding carboxylic acids is 1. The SMILES string of the molecule is Cc1ccccc1CC(=O)N(C)Cc1cccc([N+](=O)[O-])c1. The zero-order valence-corrected chi connectivity index (χ0v) is 12.7. The molecule has 2 rings (SSSR count). The summed E-state index contributed by atoms with van der Waals surface area (Å²) in [6, 6.07) is 14.1. The highest BCUT2D eigenvalue weighted by Crippen LogP contribution is 2.15. The molecule has 0 radical (unpaired) electrons. The van der Waals surface area contributed by atoms with Crippen LogP contribution in [0.15, 0.2) is 48.5 Å². The molecule has 22 heavy (non-hydrogen) atoms. The third kappa shape index (κ3) is 3.91. The summed E-state index contributed by atoms with van der Waals surface area (Å²) in [5.41, 5.74) is 2.87. The predicted molar refractivity (Wildman–Crippen MR) is 84.5 cm³/mol. The van der Waals surface area contributed by atoms with Crippen molar-refractivity contribution in [2.75, 3.05) is 7.05 Å². The smallest absolute Gasteiger partial charge is 0.269 e. The maximum Gasteiger partial charge on any atom is 0.269 e. The van der Waals surface area contributed by atoms with Gasteiger partial charge in [0.05, 0.1) is 11.3 Å². The van der Waals surface area contributed by atoms with E-state index in [2.05, 4.69) is 0 Å². The summed E-state index contributed by atoms with van der Waals surface area (Å²) >= 11 is 0. The Balaban J connectivity index is 2.04. The van der Waals surface area contributed by atoms with Gasteiger partial charge in [0.1, 0.15) is 0 Å². The van der Waals surface area contributed by atoms with Crippen molar-refractivity contribution in [3.8, 4) is 0 Å². The highest BCUT2D eigenvalue weighted by atomic mass is 16.6. The largest absolute Gasteiger partial charge is 0.341 e. The molecular formula is C17H18N2O3. The van der Waals surface area contributed by atoms with Gasteiger partial charge in [-0.15, -0.1) is 0 Å². The number of nitro groups is 1. The Hall–Kier alpha value is -2.69. The summed E-state index contributed by atoms with van der Waals surface area (Å²) in [6.45, 7) is 2.33. The average Bonchev–Trinajstić information content (AvgIpc) is 2.49. The van der Waals surface area contributed by atoms with E-state index in [4.69, 9.17) is 0 Å². The van der Waals surface area contributed by atoms with E-state index in [0.29, 0.717) is 13.0 Å². The molecule has 0 fully saturated rings. The van der Waals surface area contributed by atoms with Crippen LogP contribution in [0, 0.1) is 17.0 Å². The highest BCUT2D eigenvalue weighted by molar-refractivity contribution is 5.78. The second kappa shape index (κ2) is 6.85. The zero-order chi connectivity index (χ0) is 16.1. The predicted octanol–water partition coefficient (Wildman–Crippen LogP) is 3.10. The molecule has 0 aromatic heterocycles. The Morgan fingerprint density at radius 2 is 1.91 bits per heavy atom. The number of non-ortho nitro benzene ring substituents is 1. The summed E-state index contributed by atoms with van der Waals surface area (Å²) in [6.07, 6.45) is 0.331. The number of amides is 1. The van der Waals surface area contributed by atoms with E-state index in [1.807, 2.05) is 31.2 Å². The van der Waals surface area contributed by atoms with E-state index >= 15 is 0 Å². The molecule has 2 aromatic carbocycles. The maximum absolute atomic E-state index is 12.3. The molecule has 5 heteroatoms. The van der Waals surface area contributed by atoms with E-state index in [0.717, 1.165) is 16.7 Å². The third-order valence-corrected chi connectivity index (χ3v) is 3.57. The van der Waals surface area contributed by atoms with Crippen molar-refractivity contribution < 1.29 is 9.72 Å². The van der Waals surface area contributed by atoms with Crippen LogP contribution in [0.3, 0.4) is 0 Å². The molecule has 0 aliphatic heterocycles. The Morgan fingerprint density at radius 1 is 1.18 bits per heavy atom. The molecule has 5 nitrogen and oxygen atoms in total. The fraction of sp³-hybridized carbons (Fsp3) is 0.235. The van der Waals surface area contributed by atoms with Crippen LogP contribution in [0.2, 0.25) is 0 Å². The lowest BCUT2D eigenvalue weighted by Gasteiger charge is -2.18. The number of nitrogens with zero attached hydrogens (tertiary/aromatic N) is 2. The van der Waals surface area contributed by atoms with Crippen molar-refractivity contribution in [3.63, 3.8) is 0 Å². The quantitative estimate of drug-likeness (QED) is 0.629. The van der Waals surface area contributed by atoms with Crippen molar-refractivity contribution in [2.45, 2.75) is 19.9 Å². The molecule has 2 aromatic rings. The van der Waals surface area contributed by atoms with Gasteiger partial charge < -0.3 is 4.90 Å². The van der Waals surface area contributed by atoms with Crippen molar-refractivity contribution in [3.05, 3.63) is 75.3 Å². The molecule has 0 heterocycles. The summed E-state index contributed by atoms with van der Waals surface area (Å²) in [5, 5.41) is 10.8. The second-order valence-electron chi connectivity index (χ2n) is 5.28. The first kappa shape index (κ1) is 15.7. The molecule has 0 saturated carbocycles. The Morgan fingerprint density at radius 3 is 2.59 bits per heavy atom. The van der Waals surface area contributed by atoms with E-state index < -0.39 is 4.92 Å². The van der Waals surface area contributed by atoms with Crippen LogP contribution < -0.4 is 0 Å². The molecule has 0 saturated heterocycles. The van der Waals surface area contributed by atoms with Crippen molar-refractivity contribution in [1.82, 2.24) is 4.90 Å². The summed E-state index contributed by atoms with van der Waals surface area (Å²) in [5.74, 6) is -0.0131. The van der Waals surface area contributed by atoms with Crippen LogP contribution in [-0.2, 0) is 17.8 Å². The van der Waals surface area contributed by atoms with Crippen molar-refractivity contribution in [2.24, 2.45) is 0 Å². The Bertz CT molecular complexity index is 698. The molecule has 1 amide bonds. The van der Waals surface area contributed by atoms with Crippen LogP contribution >= 0.6 is 0 Å². The van der Waals surface area contributed by atoms with Gasteiger partial charge in [-0.05, 0) is 23.6 Å². The lowest BCUT2D eigenvalue weighted by molar-refractivity contribution is -0.384. The molecule has 0 N–H and O–H groups in total. The van der Waals surface area contributed by atoms with Gasteiger partial charge in [0, 0.05) is 25.7 Å². The maximum atomic E-state index is 12.3. The molecule has 0 aliphatic carbocycles. The van der Waals surface area contributed by atoms with Gasteiger partial charge in [0.25, 0.3) is 5.69 Å². The fourth-order valence-corrected chi connectivity index (χ4v) is 2.24. The highest BCUT2D eigenvalue weighted by Gasteiger charge is 2.13. The number of aryl methyl sites for hydroxylation is 1. The number of hydrogen-bond acceptors (Lipinski definition) is 3. The molecule has 0 atom stereocenters. The number of benzene rings is 2. The molecule has 0 bridgehead atoms. The fourth-order valence-electron chi connectivity index (χ4n) is 2.24. The molecule has 114 valence electrons. The van der Waals surface area contributed by atoms with Crippen molar-refractivity contribution in [1.29, 1.82) is 0 Å². The van der Waals surface area contributed by atoms with Gasteiger partial charge in [-0.3, -0.25) is 14.9 Å². The standard InChI is InChI=1S/C17H18N2O3/c1-13-6-3-4-8-15(13)11-17(20)18(2)12-14-7-5-9-16(10-14)19(21)22/h3-10H,11-12H2,1-2H3. The van der Waals surface area contributed by atoms with Gasteiger partial charge in [0.2, 0.25) is 5.91 Å². The molecule has 0 unspecified atom stereocenters. The molecule has 0 spiro atoms. The minimum absolute atomic E-state index is 0.0131. The minimum Gasteiger partial charge on any atom is -0.341 e. The zero-order valence-electron chi connectivity index (χ0n) is 12.7. The summed E-state index contributed by atoms with van der Waals surface area (Å²) in [7, 11) is 1.71. The Labute approximate surface area is 129 Å². The van der Waals surface area contributed by atoms with E-state index in [-0.39, 0.29) is 11.6 Å². The number of hydrogen-bond donors (Lipinski definition) is 0. The van der Waals surface area contributed by atoms with E-state index in [9.17, 15) is 14.9 Å². The van der Waals surface area contributed by atoms with E-state index in [1.165, 1.54) is 12.1 Å². The molecule has 0 aliphatic rings. The topological polar surface area (TPSA) is 63.5 Å². The Kier molecular flexibility index (Phi) is 4.88. The second-order valence-corrected chi connectivity index (χ2v) is 5.28. The minimum atomic E-state index is -0.432. The third-order valence-electron chi connectivity index (χ3n) is 3.57. The number of nitro benzene ring substituents is 1. The van der Waals surface area contributed by atoms with Crippen LogP contribution in [-0.4, -0.2) is 22.8 Å². The first-order chi connectivity index (χ1) is 10.5. The normalized spacial score (nSPS) is 10.3. The van der Waals surface area contributed by atoms with Gasteiger partial charge in [-0.2, -0.15) is 0 Å². The number of likely N-dealkylation sites (N-methyl/N-ethyl adjacent to an activating group) is 1. The summed E-state index contributed by atoms with van der Waals surface area (Å²) < 4.78 is 0. The first-order valence-electron chi connectivity index (χ1n) is 6.99. The van der Waals surface area contributed by atoms with Gasteiger partial charge >= 0.3 is 0 Å².